The Balaban J connectivity index is 2.10. The molecule has 2 aromatic rings. The summed E-state index contributed by atoms with van der Waals surface area (Å²) in [6, 6.07) is 10.1. The van der Waals surface area contributed by atoms with Crippen LogP contribution in [0, 0.1) is 0 Å². The summed E-state index contributed by atoms with van der Waals surface area (Å²) >= 11 is 0. The fourth-order valence-corrected chi connectivity index (χ4v) is 3.44. The summed E-state index contributed by atoms with van der Waals surface area (Å²) in [5, 5.41) is 3.61. The lowest BCUT2D eigenvalue weighted by molar-refractivity contribution is 0.286. The van der Waals surface area contributed by atoms with Crippen molar-refractivity contribution in [1.82, 2.24) is 5.32 Å². The van der Waals surface area contributed by atoms with E-state index >= 15 is 0 Å². The van der Waals surface area contributed by atoms with Crippen molar-refractivity contribution in [2.75, 3.05) is 34.0 Å². The standard InChI is InChI=1S/C21H27NO4/c1-5-25-19-11-14-9-10-22-21(16(14)13-20(19)26-6-2)17-12-15(23-3)7-8-18(17)24-4/h7-8,11-13,21-22H,5-6,9-10H2,1-4H3/t21-/m0/s1. The van der Waals surface area contributed by atoms with Gasteiger partial charge in [-0.05, 0) is 61.7 Å². The summed E-state index contributed by atoms with van der Waals surface area (Å²) in [4.78, 5) is 0. The van der Waals surface area contributed by atoms with E-state index in [2.05, 4.69) is 17.4 Å². The van der Waals surface area contributed by atoms with Gasteiger partial charge in [-0.3, -0.25) is 0 Å². The highest BCUT2D eigenvalue weighted by Gasteiger charge is 2.26. The summed E-state index contributed by atoms with van der Waals surface area (Å²) in [7, 11) is 3.37. The van der Waals surface area contributed by atoms with E-state index in [1.54, 1.807) is 14.2 Å². The van der Waals surface area contributed by atoms with Crippen molar-refractivity contribution in [3.05, 3.63) is 47.0 Å². The highest BCUT2D eigenvalue weighted by Crippen LogP contribution is 2.40. The molecule has 3 rings (SSSR count). The van der Waals surface area contributed by atoms with Crippen LogP contribution in [0.15, 0.2) is 30.3 Å². The zero-order valence-electron chi connectivity index (χ0n) is 15.9. The Morgan fingerprint density at radius 1 is 0.885 bits per heavy atom. The summed E-state index contributed by atoms with van der Waals surface area (Å²) in [6.45, 7) is 6.07. The number of methoxy groups -OCH3 is 2. The van der Waals surface area contributed by atoms with Gasteiger partial charge in [-0.1, -0.05) is 0 Å². The number of nitrogens with one attached hydrogen (secondary N) is 1. The van der Waals surface area contributed by atoms with Gasteiger partial charge in [0.25, 0.3) is 0 Å². The first kappa shape index (κ1) is 18.4. The van der Waals surface area contributed by atoms with E-state index in [0.29, 0.717) is 13.2 Å². The van der Waals surface area contributed by atoms with Gasteiger partial charge in [0.05, 0.1) is 33.5 Å². The first-order valence-electron chi connectivity index (χ1n) is 9.09. The van der Waals surface area contributed by atoms with Crippen LogP contribution in [0.2, 0.25) is 0 Å². The average molecular weight is 357 g/mol. The molecule has 1 aliphatic heterocycles. The van der Waals surface area contributed by atoms with Crippen LogP contribution in [-0.4, -0.2) is 34.0 Å². The van der Waals surface area contributed by atoms with Gasteiger partial charge >= 0.3 is 0 Å². The predicted octanol–water partition coefficient (Wildman–Crippen LogP) is 3.74. The number of benzene rings is 2. The Morgan fingerprint density at radius 3 is 2.27 bits per heavy atom. The molecular formula is C21H27NO4. The van der Waals surface area contributed by atoms with E-state index in [0.717, 1.165) is 41.5 Å². The molecular weight excluding hydrogens is 330 g/mol. The smallest absolute Gasteiger partial charge is 0.161 e. The fraction of sp³-hybridized carbons (Fsp3) is 0.429. The molecule has 0 fully saturated rings. The third kappa shape index (κ3) is 3.58. The highest BCUT2D eigenvalue weighted by atomic mass is 16.5. The van der Waals surface area contributed by atoms with E-state index in [4.69, 9.17) is 18.9 Å². The topological polar surface area (TPSA) is 49.0 Å². The maximum Gasteiger partial charge on any atom is 0.161 e. The molecule has 5 nitrogen and oxygen atoms in total. The first-order valence-corrected chi connectivity index (χ1v) is 9.09. The van der Waals surface area contributed by atoms with E-state index in [9.17, 15) is 0 Å². The monoisotopic (exact) mass is 357 g/mol. The lowest BCUT2D eigenvalue weighted by Crippen LogP contribution is -2.31. The molecule has 1 aliphatic rings. The van der Waals surface area contributed by atoms with Gasteiger partial charge in [0, 0.05) is 12.1 Å². The molecule has 0 spiro atoms. The quantitative estimate of drug-likeness (QED) is 0.818. The van der Waals surface area contributed by atoms with E-state index in [1.807, 2.05) is 32.0 Å². The normalized spacial score (nSPS) is 15.9. The lowest BCUT2D eigenvalue weighted by atomic mass is 9.88. The van der Waals surface area contributed by atoms with Gasteiger partial charge in [0.15, 0.2) is 11.5 Å². The van der Waals surface area contributed by atoms with Gasteiger partial charge < -0.3 is 24.3 Å². The van der Waals surface area contributed by atoms with Crippen molar-refractivity contribution < 1.29 is 18.9 Å². The molecule has 1 N–H and O–H groups in total. The zero-order chi connectivity index (χ0) is 18.5. The number of hydrogen-bond donors (Lipinski definition) is 1. The number of ether oxygens (including phenoxy) is 4. The maximum atomic E-state index is 5.83. The molecule has 0 unspecified atom stereocenters. The molecule has 0 saturated carbocycles. The molecule has 5 heteroatoms. The Morgan fingerprint density at radius 2 is 1.62 bits per heavy atom. The maximum absolute atomic E-state index is 5.83. The van der Waals surface area contributed by atoms with Gasteiger partial charge in [-0.25, -0.2) is 0 Å². The van der Waals surface area contributed by atoms with Crippen molar-refractivity contribution in [3.8, 4) is 23.0 Å². The van der Waals surface area contributed by atoms with Crippen LogP contribution in [0.5, 0.6) is 23.0 Å². The average Bonchev–Trinajstić information content (AvgIpc) is 2.68. The van der Waals surface area contributed by atoms with Crippen molar-refractivity contribution in [2.24, 2.45) is 0 Å². The second-order valence-corrected chi connectivity index (χ2v) is 6.11. The Hall–Kier alpha value is -2.40. The van der Waals surface area contributed by atoms with Crippen molar-refractivity contribution in [3.63, 3.8) is 0 Å². The molecule has 2 aromatic carbocycles. The van der Waals surface area contributed by atoms with Gasteiger partial charge in [0.1, 0.15) is 11.5 Å². The Bertz CT molecular complexity index is 760. The molecule has 0 amide bonds. The molecule has 140 valence electrons. The third-order valence-corrected chi connectivity index (χ3v) is 4.61. The van der Waals surface area contributed by atoms with E-state index < -0.39 is 0 Å². The van der Waals surface area contributed by atoms with Gasteiger partial charge in [0.2, 0.25) is 0 Å². The molecule has 1 atom stereocenters. The first-order chi connectivity index (χ1) is 12.7. The second kappa shape index (κ2) is 8.32. The van der Waals surface area contributed by atoms with Crippen LogP contribution in [0.1, 0.15) is 36.6 Å². The zero-order valence-corrected chi connectivity index (χ0v) is 15.9. The van der Waals surface area contributed by atoms with Crippen LogP contribution in [0.3, 0.4) is 0 Å². The van der Waals surface area contributed by atoms with E-state index in [-0.39, 0.29) is 6.04 Å². The summed E-state index contributed by atoms with van der Waals surface area (Å²) in [5.41, 5.74) is 3.51. The van der Waals surface area contributed by atoms with Gasteiger partial charge in [-0.2, -0.15) is 0 Å². The van der Waals surface area contributed by atoms with Crippen LogP contribution < -0.4 is 24.3 Å². The number of fused-ring (bicyclic) bond motifs is 1. The van der Waals surface area contributed by atoms with Crippen LogP contribution in [0.25, 0.3) is 0 Å². The predicted molar refractivity (Wildman–Crippen MR) is 102 cm³/mol. The van der Waals surface area contributed by atoms with Crippen molar-refractivity contribution >= 4 is 0 Å². The number of hydrogen-bond acceptors (Lipinski definition) is 5. The van der Waals surface area contributed by atoms with Crippen molar-refractivity contribution in [1.29, 1.82) is 0 Å². The van der Waals surface area contributed by atoms with E-state index in [1.165, 1.54) is 11.1 Å². The lowest BCUT2D eigenvalue weighted by Gasteiger charge is -2.30. The largest absolute Gasteiger partial charge is 0.497 e. The Kier molecular flexibility index (Phi) is 5.89. The molecule has 0 saturated heterocycles. The van der Waals surface area contributed by atoms with Crippen molar-refractivity contribution in [2.45, 2.75) is 26.3 Å². The van der Waals surface area contributed by atoms with Crippen LogP contribution in [0.4, 0.5) is 0 Å². The van der Waals surface area contributed by atoms with Crippen LogP contribution >= 0.6 is 0 Å². The minimum absolute atomic E-state index is 0.0127. The molecule has 26 heavy (non-hydrogen) atoms. The molecule has 0 aliphatic carbocycles. The Labute approximate surface area is 155 Å². The second-order valence-electron chi connectivity index (χ2n) is 6.11. The summed E-state index contributed by atoms with van der Waals surface area (Å²) in [5.74, 6) is 3.24. The summed E-state index contributed by atoms with van der Waals surface area (Å²) < 4.78 is 22.6. The fourth-order valence-electron chi connectivity index (χ4n) is 3.44. The molecule has 0 radical (unpaired) electrons. The van der Waals surface area contributed by atoms with Crippen LogP contribution in [-0.2, 0) is 6.42 Å². The number of rotatable bonds is 7. The third-order valence-electron chi connectivity index (χ3n) is 4.61. The SMILES string of the molecule is CCOc1cc2c(cc1OCC)[C@@H](c1cc(OC)ccc1OC)NCC2. The molecule has 0 aromatic heterocycles. The molecule has 1 heterocycles. The van der Waals surface area contributed by atoms with Gasteiger partial charge in [-0.15, -0.1) is 0 Å². The molecule has 0 bridgehead atoms. The minimum atomic E-state index is 0.0127. The summed E-state index contributed by atoms with van der Waals surface area (Å²) in [6.07, 6.45) is 0.949. The minimum Gasteiger partial charge on any atom is -0.497 e. The highest BCUT2D eigenvalue weighted by molar-refractivity contribution is 5.54.